The zero-order valence-electron chi connectivity index (χ0n) is 12.4. The Morgan fingerprint density at radius 1 is 1.18 bits per heavy atom. The van der Waals surface area contributed by atoms with Gasteiger partial charge in [0.1, 0.15) is 12.1 Å². The summed E-state index contributed by atoms with van der Waals surface area (Å²) in [6, 6.07) is 7.29. The van der Waals surface area contributed by atoms with Gasteiger partial charge in [-0.15, -0.1) is 6.58 Å². The van der Waals surface area contributed by atoms with Crippen molar-refractivity contribution in [1.82, 2.24) is 10.6 Å². The van der Waals surface area contributed by atoms with Crippen molar-refractivity contribution in [3.05, 3.63) is 48.6 Å². The zero-order chi connectivity index (χ0) is 16.5. The molecule has 1 rings (SSSR count). The van der Waals surface area contributed by atoms with Crippen LogP contribution in [0.25, 0.3) is 0 Å². The molecule has 0 aliphatic rings. The van der Waals surface area contributed by atoms with Crippen molar-refractivity contribution in [3.8, 4) is 0 Å². The van der Waals surface area contributed by atoms with Gasteiger partial charge in [-0.3, -0.25) is 9.59 Å². The van der Waals surface area contributed by atoms with E-state index in [4.69, 9.17) is 5.11 Å². The third kappa shape index (κ3) is 5.78. The molecule has 1 aromatic carbocycles. The minimum absolute atomic E-state index is 0.110. The molecule has 0 unspecified atom stereocenters. The van der Waals surface area contributed by atoms with E-state index in [1.54, 1.807) is 0 Å². The zero-order valence-corrected chi connectivity index (χ0v) is 12.4. The molecule has 22 heavy (non-hydrogen) atoms. The van der Waals surface area contributed by atoms with E-state index < -0.39 is 24.0 Å². The van der Waals surface area contributed by atoms with E-state index in [-0.39, 0.29) is 18.7 Å². The average Bonchev–Trinajstić information content (AvgIpc) is 2.46. The highest BCUT2D eigenvalue weighted by atomic mass is 16.4. The summed E-state index contributed by atoms with van der Waals surface area (Å²) in [7, 11) is 0. The lowest BCUT2D eigenvalue weighted by atomic mass is 10.0. The van der Waals surface area contributed by atoms with Crippen molar-refractivity contribution in [3.63, 3.8) is 0 Å². The second-order valence-corrected chi connectivity index (χ2v) is 4.87. The Hall–Kier alpha value is -2.63. The SMILES string of the molecule is C=CC[C@@H](NC(=O)[C@H](Cc1ccccc1)NC(C)=O)C(=O)O. The fraction of sp³-hybridized carbons (Fsp3) is 0.312. The van der Waals surface area contributed by atoms with Crippen LogP contribution in [0.15, 0.2) is 43.0 Å². The summed E-state index contributed by atoms with van der Waals surface area (Å²) in [5, 5.41) is 14.0. The van der Waals surface area contributed by atoms with E-state index in [1.807, 2.05) is 30.3 Å². The first kappa shape index (κ1) is 17.4. The van der Waals surface area contributed by atoms with Crippen LogP contribution >= 0.6 is 0 Å². The van der Waals surface area contributed by atoms with Crippen molar-refractivity contribution in [2.45, 2.75) is 31.8 Å². The molecule has 0 spiro atoms. The summed E-state index contributed by atoms with van der Waals surface area (Å²) >= 11 is 0. The van der Waals surface area contributed by atoms with Gasteiger partial charge < -0.3 is 15.7 Å². The van der Waals surface area contributed by atoms with Crippen LogP contribution in [0.4, 0.5) is 0 Å². The molecular weight excluding hydrogens is 284 g/mol. The van der Waals surface area contributed by atoms with E-state index in [9.17, 15) is 14.4 Å². The molecule has 2 amide bonds. The standard InChI is InChI=1S/C16H20N2O4/c1-3-7-13(16(21)22)18-15(20)14(17-11(2)19)10-12-8-5-4-6-9-12/h3-6,8-9,13-14H,1,7,10H2,2H3,(H,17,19)(H,18,20)(H,21,22)/t13-,14+/m1/s1. The first-order valence-electron chi connectivity index (χ1n) is 6.89. The van der Waals surface area contributed by atoms with Crippen molar-refractivity contribution in [1.29, 1.82) is 0 Å². The predicted octanol–water partition coefficient (Wildman–Crippen LogP) is 0.879. The van der Waals surface area contributed by atoms with E-state index in [2.05, 4.69) is 17.2 Å². The highest BCUT2D eigenvalue weighted by Crippen LogP contribution is 2.05. The third-order valence-corrected chi connectivity index (χ3v) is 2.99. The van der Waals surface area contributed by atoms with E-state index in [0.29, 0.717) is 0 Å². The number of aliphatic carboxylic acids is 1. The molecule has 0 fully saturated rings. The fourth-order valence-corrected chi connectivity index (χ4v) is 1.96. The maximum Gasteiger partial charge on any atom is 0.326 e. The van der Waals surface area contributed by atoms with Crippen LogP contribution in [-0.4, -0.2) is 35.0 Å². The number of carbonyl (C=O) groups is 3. The molecule has 0 aliphatic carbocycles. The summed E-state index contributed by atoms with van der Waals surface area (Å²) in [5.41, 5.74) is 0.868. The van der Waals surface area contributed by atoms with Crippen LogP contribution in [0, 0.1) is 0 Å². The fourth-order valence-electron chi connectivity index (χ4n) is 1.96. The van der Waals surface area contributed by atoms with Gasteiger partial charge in [0.05, 0.1) is 0 Å². The number of carboxylic acids is 1. The molecular formula is C16H20N2O4. The topological polar surface area (TPSA) is 95.5 Å². The third-order valence-electron chi connectivity index (χ3n) is 2.99. The number of carbonyl (C=O) groups excluding carboxylic acids is 2. The minimum atomic E-state index is -1.14. The lowest BCUT2D eigenvalue weighted by Crippen LogP contribution is -2.52. The van der Waals surface area contributed by atoms with Crippen molar-refractivity contribution in [2.24, 2.45) is 0 Å². The number of amides is 2. The molecule has 0 aromatic heterocycles. The quantitative estimate of drug-likeness (QED) is 0.621. The van der Waals surface area contributed by atoms with Gasteiger partial charge in [0.15, 0.2) is 0 Å². The Morgan fingerprint density at radius 2 is 1.82 bits per heavy atom. The van der Waals surface area contributed by atoms with Crippen molar-refractivity contribution in [2.75, 3.05) is 0 Å². The van der Waals surface area contributed by atoms with Crippen LogP contribution in [0.5, 0.6) is 0 Å². The lowest BCUT2D eigenvalue weighted by Gasteiger charge is -2.20. The Labute approximate surface area is 129 Å². The molecule has 0 heterocycles. The largest absolute Gasteiger partial charge is 0.480 e. The van der Waals surface area contributed by atoms with Crippen LogP contribution < -0.4 is 10.6 Å². The Kier molecular flexibility index (Phi) is 6.82. The maximum absolute atomic E-state index is 12.2. The molecule has 6 heteroatoms. The van der Waals surface area contributed by atoms with Gasteiger partial charge >= 0.3 is 5.97 Å². The molecule has 1 aromatic rings. The summed E-state index contributed by atoms with van der Waals surface area (Å²) in [6.07, 6.45) is 1.82. The van der Waals surface area contributed by atoms with Crippen LogP contribution in [0.3, 0.4) is 0 Å². The first-order chi connectivity index (χ1) is 10.4. The van der Waals surface area contributed by atoms with Crippen LogP contribution in [0.2, 0.25) is 0 Å². The number of benzene rings is 1. The first-order valence-corrected chi connectivity index (χ1v) is 6.89. The summed E-state index contributed by atoms with van der Waals surface area (Å²) in [5.74, 6) is -2.03. The highest BCUT2D eigenvalue weighted by molar-refractivity contribution is 5.90. The number of nitrogens with one attached hydrogen (secondary N) is 2. The molecule has 6 nitrogen and oxygen atoms in total. The molecule has 0 saturated carbocycles. The smallest absolute Gasteiger partial charge is 0.326 e. The van der Waals surface area contributed by atoms with Gasteiger partial charge in [-0.05, 0) is 12.0 Å². The van der Waals surface area contributed by atoms with Crippen LogP contribution in [-0.2, 0) is 20.8 Å². The number of hydrogen-bond donors (Lipinski definition) is 3. The number of rotatable bonds is 8. The molecule has 2 atom stereocenters. The summed E-state index contributed by atoms with van der Waals surface area (Å²) < 4.78 is 0. The average molecular weight is 304 g/mol. The van der Waals surface area contributed by atoms with E-state index >= 15 is 0 Å². The lowest BCUT2D eigenvalue weighted by molar-refractivity contribution is -0.142. The molecule has 118 valence electrons. The van der Waals surface area contributed by atoms with Gasteiger partial charge in [-0.2, -0.15) is 0 Å². The molecule has 0 aliphatic heterocycles. The molecule has 0 bridgehead atoms. The van der Waals surface area contributed by atoms with Gasteiger partial charge in [0, 0.05) is 13.3 Å². The number of hydrogen-bond acceptors (Lipinski definition) is 3. The van der Waals surface area contributed by atoms with Crippen molar-refractivity contribution < 1.29 is 19.5 Å². The second-order valence-electron chi connectivity index (χ2n) is 4.87. The Balaban J connectivity index is 2.81. The molecule has 0 radical (unpaired) electrons. The molecule has 3 N–H and O–H groups in total. The van der Waals surface area contributed by atoms with E-state index in [0.717, 1.165) is 5.56 Å². The normalized spacial score (nSPS) is 12.8. The maximum atomic E-state index is 12.2. The summed E-state index contributed by atoms with van der Waals surface area (Å²) in [6.45, 7) is 4.78. The monoisotopic (exact) mass is 304 g/mol. The van der Waals surface area contributed by atoms with Gasteiger partial charge in [0.25, 0.3) is 0 Å². The van der Waals surface area contributed by atoms with Crippen LogP contribution in [0.1, 0.15) is 18.9 Å². The Morgan fingerprint density at radius 3 is 2.32 bits per heavy atom. The molecule has 0 saturated heterocycles. The minimum Gasteiger partial charge on any atom is -0.480 e. The van der Waals surface area contributed by atoms with Gasteiger partial charge in [0.2, 0.25) is 11.8 Å². The highest BCUT2D eigenvalue weighted by Gasteiger charge is 2.25. The Bertz CT molecular complexity index is 542. The summed E-state index contributed by atoms with van der Waals surface area (Å²) in [4.78, 5) is 34.6. The second kappa shape index (κ2) is 8.61. The van der Waals surface area contributed by atoms with E-state index in [1.165, 1.54) is 13.0 Å². The van der Waals surface area contributed by atoms with Crippen molar-refractivity contribution >= 4 is 17.8 Å². The van der Waals surface area contributed by atoms with Gasteiger partial charge in [-0.25, -0.2) is 4.79 Å². The predicted molar refractivity (Wildman–Crippen MR) is 82.1 cm³/mol. The number of carboxylic acid groups (broad SMARTS) is 1. The van der Waals surface area contributed by atoms with Gasteiger partial charge in [-0.1, -0.05) is 36.4 Å².